The summed E-state index contributed by atoms with van der Waals surface area (Å²) in [6.07, 6.45) is 0.855. The Morgan fingerprint density at radius 2 is 1.67 bits per heavy atom. The molecule has 1 aromatic rings. The van der Waals surface area contributed by atoms with Crippen molar-refractivity contribution in [1.29, 1.82) is 0 Å². The first kappa shape index (κ1) is 16.5. The lowest BCUT2D eigenvalue weighted by atomic mass is 9.81. The van der Waals surface area contributed by atoms with Crippen molar-refractivity contribution in [2.75, 3.05) is 4.90 Å². The van der Waals surface area contributed by atoms with Crippen LogP contribution in [0.25, 0.3) is 0 Å². The highest BCUT2D eigenvalue weighted by molar-refractivity contribution is 9.12. The first-order chi connectivity index (χ1) is 11.3. The molecule has 2 saturated carbocycles. The molecule has 0 spiro atoms. The molecule has 1 aliphatic heterocycles. The van der Waals surface area contributed by atoms with Crippen LogP contribution in [-0.2, 0) is 9.59 Å². The smallest absolute Gasteiger partial charge is 0.337 e. The molecule has 1 N–H and O–H groups in total. The zero-order chi connectivity index (χ0) is 17.3. The van der Waals surface area contributed by atoms with Crippen LogP contribution < -0.4 is 4.90 Å². The molecule has 0 unspecified atom stereocenters. The van der Waals surface area contributed by atoms with Gasteiger partial charge in [-0.05, 0) is 36.5 Å². The van der Waals surface area contributed by atoms with E-state index in [4.69, 9.17) is 11.6 Å². The number of amides is 2. The minimum atomic E-state index is -1.19. The Balaban J connectivity index is 1.74. The topological polar surface area (TPSA) is 74.7 Å². The third-order valence-corrected chi connectivity index (χ3v) is 8.96. The van der Waals surface area contributed by atoms with Gasteiger partial charge in [0.2, 0.25) is 11.8 Å². The van der Waals surface area contributed by atoms with Crippen LogP contribution in [0.4, 0.5) is 5.69 Å². The van der Waals surface area contributed by atoms with E-state index in [1.54, 1.807) is 0 Å². The average Bonchev–Trinajstić information content (AvgIpc) is 3.13. The maximum absolute atomic E-state index is 12.9. The van der Waals surface area contributed by atoms with E-state index in [1.807, 2.05) is 0 Å². The van der Waals surface area contributed by atoms with E-state index in [0.717, 1.165) is 11.3 Å². The Kier molecular flexibility index (Phi) is 3.82. The van der Waals surface area contributed by atoms with Gasteiger partial charge in [0, 0.05) is 9.65 Å². The quantitative estimate of drug-likeness (QED) is 0.524. The monoisotopic (exact) mass is 475 g/mol. The fourth-order valence-electron chi connectivity index (χ4n) is 4.42. The number of nitrogens with zero attached hydrogens (tertiary/aromatic N) is 1. The van der Waals surface area contributed by atoms with Gasteiger partial charge in [0.05, 0.1) is 28.1 Å². The molecule has 3 fully saturated rings. The summed E-state index contributed by atoms with van der Waals surface area (Å²) in [4.78, 5) is 38.5. The number of anilines is 1. The number of carboxylic acids is 1. The molecule has 0 aromatic heterocycles. The number of fused-ring (bicyclic) bond motifs is 5. The molecule has 2 bridgehead atoms. The molecule has 126 valence electrons. The number of carbonyl (C=O) groups is 3. The van der Waals surface area contributed by atoms with Crippen LogP contribution in [0.5, 0.6) is 0 Å². The van der Waals surface area contributed by atoms with Gasteiger partial charge < -0.3 is 5.11 Å². The summed E-state index contributed by atoms with van der Waals surface area (Å²) < 4.78 is 0. The lowest BCUT2D eigenvalue weighted by molar-refractivity contribution is -0.123. The number of aromatic carboxylic acids is 1. The van der Waals surface area contributed by atoms with Gasteiger partial charge in [-0.1, -0.05) is 43.5 Å². The summed E-state index contributed by atoms with van der Waals surface area (Å²) in [5, 5.41) is 9.28. The minimum absolute atomic E-state index is 0.0756. The number of halogens is 3. The van der Waals surface area contributed by atoms with Crippen LogP contribution in [-0.4, -0.2) is 32.5 Å². The second kappa shape index (κ2) is 5.54. The van der Waals surface area contributed by atoms with E-state index in [9.17, 15) is 19.5 Å². The number of imide groups is 1. The average molecular weight is 478 g/mol. The van der Waals surface area contributed by atoms with Crippen molar-refractivity contribution in [3.8, 4) is 0 Å². The Morgan fingerprint density at radius 3 is 2.17 bits per heavy atom. The number of carbonyl (C=O) groups excluding carboxylic acids is 2. The molecule has 1 heterocycles. The summed E-state index contributed by atoms with van der Waals surface area (Å²) >= 11 is 13.2. The molecule has 1 saturated heterocycles. The maximum Gasteiger partial charge on any atom is 0.337 e. The van der Waals surface area contributed by atoms with Crippen LogP contribution in [0.15, 0.2) is 18.2 Å². The number of carboxylic acid groups (broad SMARTS) is 1. The van der Waals surface area contributed by atoms with E-state index in [-0.39, 0.29) is 61.4 Å². The summed E-state index contributed by atoms with van der Waals surface area (Å²) in [5.41, 5.74) is 0.157. The molecule has 8 heteroatoms. The minimum Gasteiger partial charge on any atom is -0.478 e. The van der Waals surface area contributed by atoms with Crippen molar-refractivity contribution in [2.45, 2.75) is 16.1 Å². The molecule has 1 aromatic carbocycles. The second-order valence-electron chi connectivity index (χ2n) is 6.49. The van der Waals surface area contributed by atoms with E-state index >= 15 is 0 Å². The molecule has 24 heavy (non-hydrogen) atoms. The first-order valence-corrected chi connectivity index (χ1v) is 9.72. The Bertz CT molecular complexity index is 753. The molecule has 3 aliphatic rings. The van der Waals surface area contributed by atoms with Crippen LogP contribution in [0, 0.1) is 23.7 Å². The largest absolute Gasteiger partial charge is 0.478 e. The highest BCUT2D eigenvalue weighted by atomic mass is 79.9. The SMILES string of the molecule is O=C(O)c1cc(N2C(=O)[C@@H]3[C@H]4C[C@@H]([C@@H](Br)[C@H]4Br)[C@H]3C2=O)ccc1Cl. The summed E-state index contributed by atoms with van der Waals surface area (Å²) in [7, 11) is 0. The van der Waals surface area contributed by atoms with E-state index < -0.39 is 5.97 Å². The van der Waals surface area contributed by atoms with Gasteiger partial charge in [-0.2, -0.15) is 0 Å². The molecule has 2 amide bonds. The van der Waals surface area contributed by atoms with Crippen molar-refractivity contribution < 1.29 is 19.5 Å². The predicted octanol–water partition coefficient (Wildman–Crippen LogP) is 3.32. The highest BCUT2D eigenvalue weighted by Gasteiger charge is 2.66. The molecule has 2 aliphatic carbocycles. The lowest BCUT2D eigenvalue weighted by Crippen LogP contribution is -2.37. The van der Waals surface area contributed by atoms with Crippen molar-refractivity contribution in [3.63, 3.8) is 0 Å². The molecular formula is C16H12Br2ClNO4. The van der Waals surface area contributed by atoms with Crippen molar-refractivity contribution in [1.82, 2.24) is 0 Å². The number of alkyl halides is 2. The van der Waals surface area contributed by atoms with Crippen molar-refractivity contribution in [2.24, 2.45) is 23.7 Å². The number of hydrogen-bond donors (Lipinski definition) is 1. The fourth-order valence-corrected chi connectivity index (χ4v) is 6.49. The fraction of sp³-hybridized carbons (Fsp3) is 0.438. The summed E-state index contributed by atoms with van der Waals surface area (Å²) in [5.74, 6) is -2.08. The zero-order valence-corrected chi connectivity index (χ0v) is 16.1. The first-order valence-electron chi connectivity index (χ1n) is 7.51. The summed E-state index contributed by atoms with van der Waals surface area (Å²) in [6.45, 7) is 0. The number of hydrogen-bond acceptors (Lipinski definition) is 3. The maximum atomic E-state index is 12.9. The summed E-state index contributed by atoms with van der Waals surface area (Å²) in [6, 6.07) is 4.22. The van der Waals surface area contributed by atoms with Crippen molar-refractivity contribution in [3.05, 3.63) is 28.8 Å². The Hall–Kier alpha value is -0.920. The second-order valence-corrected chi connectivity index (χ2v) is 9.01. The molecule has 4 rings (SSSR count). The van der Waals surface area contributed by atoms with Gasteiger partial charge in [-0.25, -0.2) is 4.79 Å². The lowest BCUT2D eigenvalue weighted by Gasteiger charge is -2.28. The zero-order valence-electron chi connectivity index (χ0n) is 12.2. The predicted molar refractivity (Wildman–Crippen MR) is 94.9 cm³/mol. The van der Waals surface area contributed by atoms with E-state index in [2.05, 4.69) is 31.9 Å². The molecule has 0 radical (unpaired) electrons. The number of rotatable bonds is 2. The normalized spacial score (nSPS) is 37.2. The Morgan fingerprint density at radius 1 is 1.12 bits per heavy atom. The standard InChI is InChI=1S/C16H12Br2ClNO4/c17-12-7-4-8(13(12)18)11-10(7)14(21)20(15(11)22)5-1-2-9(19)6(3-5)16(23)24/h1-3,7-8,10-13H,4H2,(H,23,24)/t7-,8-,10-,11-,12-,13+/m1/s1. The van der Waals surface area contributed by atoms with Crippen LogP contribution in [0.2, 0.25) is 5.02 Å². The van der Waals surface area contributed by atoms with Gasteiger partial charge in [0.25, 0.3) is 0 Å². The van der Waals surface area contributed by atoms with Crippen LogP contribution in [0.3, 0.4) is 0 Å². The van der Waals surface area contributed by atoms with E-state index in [1.165, 1.54) is 18.2 Å². The van der Waals surface area contributed by atoms with Gasteiger partial charge in [-0.15, -0.1) is 0 Å². The molecule has 5 nitrogen and oxygen atoms in total. The van der Waals surface area contributed by atoms with Gasteiger partial charge >= 0.3 is 5.97 Å². The third kappa shape index (κ3) is 2.07. The molecule has 6 atom stereocenters. The number of benzene rings is 1. The van der Waals surface area contributed by atoms with Gasteiger partial charge in [0.15, 0.2) is 0 Å². The third-order valence-electron chi connectivity index (χ3n) is 5.43. The highest BCUT2D eigenvalue weighted by Crippen LogP contribution is 2.60. The van der Waals surface area contributed by atoms with Crippen LogP contribution >= 0.6 is 43.5 Å². The van der Waals surface area contributed by atoms with Gasteiger partial charge in [0.1, 0.15) is 0 Å². The van der Waals surface area contributed by atoms with Crippen molar-refractivity contribution >= 4 is 66.9 Å². The Labute approximate surface area is 159 Å². The van der Waals surface area contributed by atoms with Gasteiger partial charge in [-0.3, -0.25) is 14.5 Å². The van der Waals surface area contributed by atoms with Crippen LogP contribution in [0.1, 0.15) is 16.8 Å². The molecular weight excluding hydrogens is 465 g/mol. The van der Waals surface area contributed by atoms with E-state index in [0.29, 0.717) is 0 Å².